The van der Waals surface area contributed by atoms with Gasteiger partial charge in [-0.2, -0.15) is 11.8 Å². The zero-order valence-electron chi connectivity index (χ0n) is 11.4. The minimum absolute atomic E-state index is 0.158. The number of benzene rings is 1. The number of anilines is 1. The van der Waals surface area contributed by atoms with Gasteiger partial charge in [-0.3, -0.25) is 0 Å². The van der Waals surface area contributed by atoms with Crippen LogP contribution in [0.4, 0.5) is 5.69 Å². The Morgan fingerprint density at radius 1 is 1.35 bits per heavy atom. The lowest BCUT2D eigenvalue weighted by Crippen LogP contribution is -2.43. The van der Waals surface area contributed by atoms with E-state index >= 15 is 0 Å². The normalized spacial score (nSPS) is 25.8. The molecule has 2 fully saturated rings. The van der Waals surface area contributed by atoms with Crippen molar-refractivity contribution >= 4 is 45.1 Å². The first kappa shape index (κ1) is 15.1. The van der Waals surface area contributed by atoms with Crippen LogP contribution in [0.25, 0.3) is 0 Å². The van der Waals surface area contributed by atoms with Gasteiger partial charge >= 0.3 is 0 Å². The van der Waals surface area contributed by atoms with Crippen LogP contribution < -0.4 is 5.73 Å². The predicted octanol–water partition coefficient (Wildman–Crippen LogP) is 4.57. The minimum atomic E-state index is 0.158. The predicted molar refractivity (Wildman–Crippen MR) is 92.7 cm³/mol. The second-order valence-electron chi connectivity index (χ2n) is 5.56. The molecule has 1 atom stereocenters. The van der Waals surface area contributed by atoms with E-state index in [1.807, 2.05) is 17.8 Å². The molecule has 0 radical (unpaired) electrons. The standard InChI is InChI=1S/C15H20BrNOS2/c16-11-1-2-14(13(17)9-11)20-12-3-6-18-15(10-12)4-7-19-8-5-15/h1-2,9,12H,3-8,10,17H2. The molecular weight excluding hydrogens is 354 g/mol. The Hall–Kier alpha value is 0.160. The summed E-state index contributed by atoms with van der Waals surface area (Å²) < 4.78 is 7.21. The summed E-state index contributed by atoms with van der Waals surface area (Å²) in [6.07, 6.45) is 4.73. The highest BCUT2D eigenvalue weighted by Gasteiger charge is 2.39. The summed E-state index contributed by atoms with van der Waals surface area (Å²) in [7, 11) is 0. The van der Waals surface area contributed by atoms with Gasteiger partial charge in [0, 0.05) is 26.9 Å². The van der Waals surface area contributed by atoms with E-state index in [1.54, 1.807) is 0 Å². The Labute approximate surface area is 137 Å². The molecule has 1 unspecified atom stereocenters. The van der Waals surface area contributed by atoms with Gasteiger partial charge in [-0.15, -0.1) is 11.8 Å². The summed E-state index contributed by atoms with van der Waals surface area (Å²) in [6, 6.07) is 6.20. The van der Waals surface area contributed by atoms with Gasteiger partial charge in [-0.25, -0.2) is 0 Å². The molecule has 0 amide bonds. The summed E-state index contributed by atoms with van der Waals surface area (Å²) in [6.45, 7) is 0.902. The van der Waals surface area contributed by atoms with Gasteiger partial charge in [-0.05, 0) is 55.4 Å². The van der Waals surface area contributed by atoms with Gasteiger partial charge in [0.15, 0.2) is 0 Å². The monoisotopic (exact) mass is 373 g/mol. The van der Waals surface area contributed by atoms with Crippen LogP contribution in [-0.4, -0.2) is 29.0 Å². The van der Waals surface area contributed by atoms with Crippen molar-refractivity contribution in [1.82, 2.24) is 0 Å². The van der Waals surface area contributed by atoms with Crippen molar-refractivity contribution < 1.29 is 4.74 Å². The molecule has 0 aliphatic carbocycles. The summed E-state index contributed by atoms with van der Waals surface area (Å²) in [5.74, 6) is 2.50. The van der Waals surface area contributed by atoms with Crippen molar-refractivity contribution in [3.8, 4) is 0 Å². The van der Waals surface area contributed by atoms with Crippen LogP contribution in [0.5, 0.6) is 0 Å². The maximum Gasteiger partial charge on any atom is 0.0709 e. The van der Waals surface area contributed by atoms with Crippen LogP contribution in [0, 0.1) is 0 Å². The molecule has 2 saturated heterocycles. The lowest BCUT2D eigenvalue weighted by atomic mass is 9.88. The third-order valence-electron chi connectivity index (χ3n) is 4.12. The molecular formula is C15H20BrNOS2. The average Bonchev–Trinajstić information content (AvgIpc) is 2.43. The van der Waals surface area contributed by atoms with Crippen molar-refractivity contribution in [1.29, 1.82) is 0 Å². The van der Waals surface area contributed by atoms with Crippen molar-refractivity contribution in [2.45, 2.75) is 41.4 Å². The molecule has 3 rings (SSSR count). The molecule has 0 aromatic heterocycles. The molecule has 2 N–H and O–H groups in total. The minimum Gasteiger partial charge on any atom is -0.398 e. The SMILES string of the molecule is Nc1cc(Br)ccc1SC1CCOC2(CCSCC2)C1. The number of thioether (sulfide) groups is 2. The van der Waals surface area contributed by atoms with E-state index in [4.69, 9.17) is 10.5 Å². The fourth-order valence-electron chi connectivity index (χ4n) is 2.98. The molecule has 5 heteroatoms. The third-order valence-corrected chi connectivity index (χ3v) is 6.96. The van der Waals surface area contributed by atoms with E-state index in [1.165, 1.54) is 35.7 Å². The highest BCUT2D eigenvalue weighted by molar-refractivity contribution is 9.10. The fourth-order valence-corrected chi connectivity index (χ4v) is 5.90. The van der Waals surface area contributed by atoms with Crippen molar-refractivity contribution in [2.75, 3.05) is 23.8 Å². The number of hydrogen-bond donors (Lipinski definition) is 1. The van der Waals surface area contributed by atoms with Crippen LogP contribution in [-0.2, 0) is 4.74 Å². The first-order valence-electron chi connectivity index (χ1n) is 7.10. The Bertz CT molecular complexity index is 471. The van der Waals surface area contributed by atoms with Gasteiger partial charge < -0.3 is 10.5 Å². The number of halogens is 1. The van der Waals surface area contributed by atoms with E-state index in [0.717, 1.165) is 23.2 Å². The lowest BCUT2D eigenvalue weighted by Gasteiger charge is -2.43. The van der Waals surface area contributed by atoms with Gasteiger partial charge in [0.1, 0.15) is 0 Å². The summed E-state index contributed by atoms with van der Waals surface area (Å²) >= 11 is 7.46. The highest BCUT2D eigenvalue weighted by Crippen LogP contribution is 2.43. The van der Waals surface area contributed by atoms with Crippen LogP contribution in [0.1, 0.15) is 25.7 Å². The average molecular weight is 374 g/mol. The Kier molecular flexibility index (Phi) is 4.90. The smallest absolute Gasteiger partial charge is 0.0709 e. The first-order valence-corrected chi connectivity index (χ1v) is 9.93. The summed E-state index contributed by atoms with van der Waals surface area (Å²) in [5, 5.41) is 0.635. The molecule has 1 spiro atoms. The lowest BCUT2D eigenvalue weighted by molar-refractivity contribution is -0.0804. The molecule has 1 aromatic carbocycles. The van der Waals surface area contributed by atoms with Crippen LogP contribution in [0.2, 0.25) is 0 Å². The molecule has 2 heterocycles. The molecule has 20 heavy (non-hydrogen) atoms. The highest BCUT2D eigenvalue weighted by atomic mass is 79.9. The zero-order chi connectivity index (χ0) is 14.0. The number of nitrogens with two attached hydrogens (primary N) is 1. The first-order chi connectivity index (χ1) is 9.67. The van der Waals surface area contributed by atoms with Gasteiger partial charge in [-0.1, -0.05) is 15.9 Å². The van der Waals surface area contributed by atoms with Gasteiger partial charge in [0.05, 0.1) is 5.60 Å². The second-order valence-corrected chi connectivity index (χ2v) is 9.04. The van der Waals surface area contributed by atoms with Gasteiger partial charge in [0.25, 0.3) is 0 Å². The van der Waals surface area contributed by atoms with Crippen molar-refractivity contribution in [3.63, 3.8) is 0 Å². The number of rotatable bonds is 2. The fraction of sp³-hybridized carbons (Fsp3) is 0.600. The van der Waals surface area contributed by atoms with Crippen LogP contribution in [0.15, 0.2) is 27.6 Å². The van der Waals surface area contributed by atoms with E-state index < -0.39 is 0 Å². The molecule has 2 aliphatic heterocycles. The molecule has 0 saturated carbocycles. The Morgan fingerprint density at radius 3 is 2.90 bits per heavy atom. The summed E-state index contributed by atoms with van der Waals surface area (Å²) in [4.78, 5) is 1.21. The van der Waals surface area contributed by atoms with Crippen LogP contribution >= 0.6 is 39.5 Å². The Morgan fingerprint density at radius 2 is 2.15 bits per heavy atom. The maximum atomic E-state index is 6.16. The van der Waals surface area contributed by atoms with Crippen molar-refractivity contribution in [3.05, 3.63) is 22.7 Å². The largest absolute Gasteiger partial charge is 0.398 e. The zero-order valence-corrected chi connectivity index (χ0v) is 14.7. The maximum absolute atomic E-state index is 6.16. The molecule has 1 aromatic rings. The van der Waals surface area contributed by atoms with E-state index in [2.05, 4.69) is 39.8 Å². The van der Waals surface area contributed by atoms with E-state index in [-0.39, 0.29) is 5.60 Å². The van der Waals surface area contributed by atoms with Crippen LogP contribution in [0.3, 0.4) is 0 Å². The molecule has 2 aliphatic rings. The number of nitrogen functional groups attached to an aromatic ring is 1. The third kappa shape index (κ3) is 3.49. The van der Waals surface area contributed by atoms with Crippen molar-refractivity contribution in [2.24, 2.45) is 0 Å². The van der Waals surface area contributed by atoms with E-state index in [0.29, 0.717) is 5.25 Å². The number of hydrogen-bond acceptors (Lipinski definition) is 4. The topological polar surface area (TPSA) is 35.2 Å². The molecule has 0 bridgehead atoms. The number of ether oxygens (including phenoxy) is 1. The second kappa shape index (κ2) is 6.51. The van der Waals surface area contributed by atoms with Gasteiger partial charge in [0.2, 0.25) is 0 Å². The molecule has 110 valence electrons. The summed E-state index contributed by atoms with van der Waals surface area (Å²) in [5.41, 5.74) is 7.16. The quantitative estimate of drug-likeness (QED) is 0.770. The molecule has 2 nitrogen and oxygen atoms in total. The Balaban J connectivity index is 1.68. The van der Waals surface area contributed by atoms with E-state index in [9.17, 15) is 0 Å².